The van der Waals surface area contributed by atoms with Gasteiger partial charge in [0.05, 0.1) is 6.04 Å². The monoisotopic (exact) mass is 445 g/mol. The number of carbonyl (C=O) groups is 1. The summed E-state index contributed by atoms with van der Waals surface area (Å²) in [5.41, 5.74) is 4.05. The summed E-state index contributed by atoms with van der Waals surface area (Å²) in [6, 6.07) is 6.30. The van der Waals surface area contributed by atoms with Crippen molar-refractivity contribution in [2.45, 2.75) is 52.0 Å². The van der Waals surface area contributed by atoms with Crippen molar-refractivity contribution in [1.82, 2.24) is 9.80 Å². The van der Waals surface area contributed by atoms with Gasteiger partial charge in [-0.05, 0) is 49.8 Å². The van der Waals surface area contributed by atoms with Crippen LogP contribution < -0.4 is 5.32 Å². The minimum absolute atomic E-state index is 0.0571. The standard InChI is InChI=1S/C23H32BrN3O/c1-5-19-8-6-12-26(15-19)17(3)21-14-20(24)10-11-22(21)25-16(2)23-9-7-13-27(23)18(4)28/h10-11,14,19,23,25H,2-3,5-9,12-13,15H2,1,4H3. The second-order valence-corrected chi connectivity index (χ2v) is 8.94. The predicted molar refractivity (Wildman–Crippen MR) is 121 cm³/mol. The van der Waals surface area contributed by atoms with Crippen LogP contribution in [0.2, 0.25) is 0 Å². The lowest BCUT2D eigenvalue weighted by Crippen LogP contribution is -2.36. The molecule has 2 aliphatic heterocycles. The maximum atomic E-state index is 11.9. The zero-order chi connectivity index (χ0) is 20.3. The van der Waals surface area contributed by atoms with Crippen molar-refractivity contribution in [3.05, 3.63) is 47.1 Å². The van der Waals surface area contributed by atoms with Crippen molar-refractivity contribution < 1.29 is 4.79 Å². The van der Waals surface area contributed by atoms with Crippen LogP contribution in [0.4, 0.5) is 5.69 Å². The third-order valence-electron chi connectivity index (χ3n) is 6.13. The summed E-state index contributed by atoms with van der Waals surface area (Å²) in [4.78, 5) is 16.3. The van der Waals surface area contributed by atoms with Crippen LogP contribution in [0.5, 0.6) is 0 Å². The molecule has 1 aromatic carbocycles. The SMILES string of the molecule is C=C(Nc1ccc(Br)cc1C(=C)N1CCCC(CC)C1)C1CCCN1C(C)=O. The molecular weight excluding hydrogens is 414 g/mol. The van der Waals surface area contributed by atoms with Crippen molar-refractivity contribution >= 4 is 33.2 Å². The van der Waals surface area contributed by atoms with Gasteiger partial charge in [0.2, 0.25) is 5.91 Å². The van der Waals surface area contributed by atoms with Crippen molar-refractivity contribution in [2.75, 3.05) is 25.0 Å². The molecule has 4 nitrogen and oxygen atoms in total. The summed E-state index contributed by atoms with van der Waals surface area (Å²) >= 11 is 3.61. The third kappa shape index (κ3) is 4.62. The average Bonchev–Trinajstić information content (AvgIpc) is 3.19. The number of hydrogen-bond acceptors (Lipinski definition) is 3. The minimum Gasteiger partial charge on any atom is -0.371 e. The predicted octanol–water partition coefficient (Wildman–Crippen LogP) is 5.48. The van der Waals surface area contributed by atoms with Gasteiger partial charge >= 0.3 is 0 Å². The molecule has 0 spiro atoms. The normalized spacial score (nSPS) is 22.2. The number of halogens is 1. The number of piperidine rings is 1. The van der Waals surface area contributed by atoms with Crippen LogP contribution in [0.3, 0.4) is 0 Å². The fraction of sp³-hybridized carbons (Fsp3) is 0.522. The molecule has 0 saturated carbocycles. The number of amides is 1. The smallest absolute Gasteiger partial charge is 0.220 e. The van der Waals surface area contributed by atoms with E-state index >= 15 is 0 Å². The fourth-order valence-electron chi connectivity index (χ4n) is 4.44. The van der Waals surface area contributed by atoms with E-state index in [1.807, 2.05) is 11.0 Å². The lowest BCUT2D eigenvalue weighted by molar-refractivity contribution is -0.129. The van der Waals surface area contributed by atoms with E-state index in [0.717, 1.165) is 65.5 Å². The first kappa shape index (κ1) is 21.0. The molecule has 0 aromatic heterocycles. The van der Waals surface area contributed by atoms with Crippen LogP contribution in [-0.2, 0) is 4.79 Å². The van der Waals surface area contributed by atoms with Gasteiger partial charge in [-0.15, -0.1) is 0 Å². The summed E-state index contributed by atoms with van der Waals surface area (Å²) in [5, 5.41) is 3.51. The van der Waals surface area contributed by atoms with Gasteiger partial charge < -0.3 is 15.1 Å². The largest absolute Gasteiger partial charge is 0.371 e. The summed E-state index contributed by atoms with van der Waals surface area (Å²) in [6.45, 7) is 15.6. The molecule has 2 saturated heterocycles. The second kappa shape index (κ2) is 9.17. The van der Waals surface area contributed by atoms with Gasteiger partial charge in [-0.1, -0.05) is 42.4 Å². The first-order valence-corrected chi connectivity index (χ1v) is 11.2. The number of rotatable bonds is 6. The molecular formula is C23H32BrN3O. The highest BCUT2D eigenvalue weighted by Crippen LogP contribution is 2.34. The van der Waals surface area contributed by atoms with Gasteiger partial charge in [-0.25, -0.2) is 0 Å². The Morgan fingerprint density at radius 2 is 2.00 bits per heavy atom. The van der Waals surface area contributed by atoms with Gasteiger partial charge in [0.25, 0.3) is 0 Å². The second-order valence-electron chi connectivity index (χ2n) is 8.02. The molecule has 28 heavy (non-hydrogen) atoms. The summed E-state index contributed by atoms with van der Waals surface area (Å²) < 4.78 is 1.04. The maximum absolute atomic E-state index is 11.9. The van der Waals surface area contributed by atoms with Crippen molar-refractivity contribution in [3.8, 4) is 0 Å². The van der Waals surface area contributed by atoms with E-state index in [-0.39, 0.29) is 11.9 Å². The number of benzene rings is 1. The highest BCUT2D eigenvalue weighted by atomic mass is 79.9. The van der Waals surface area contributed by atoms with Crippen molar-refractivity contribution in [2.24, 2.45) is 5.92 Å². The molecule has 2 unspecified atom stereocenters. The van der Waals surface area contributed by atoms with Crippen LogP contribution in [0.25, 0.3) is 5.70 Å². The summed E-state index contributed by atoms with van der Waals surface area (Å²) in [6.07, 6.45) is 5.73. The third-order valence-corrected chi connectivity index (χ3v) is 6.62. The van der Waals surface area contributed by atoms with Gasteiger partial charge in [0.15, 0.2) is 0 Å². The molecule has 0 radical (unpaired) electrons. The fourth-order valence-corrected chi connectivity index (χ4v) is 4.80. The number of nitrogens with zero attached hydrogens (tertiary/aromatic N) is 2. The van der Waals surface area contributed by atoms with E-state index < -0.39 is 0 Å². The highest BCUT2D eigenvalue weighted by Gasteiger charge is 2.29. The number of hydrogen-bond donors (Lipinski definition) is 1. The van der Waals surface area contributed by atoms with E-state index in [1.54, 1.807) is 6.92 Å². The molecule has 152 valence electrons. The molecule has 0 aliphatic carbocycles. The zero-order valence-electron chi connectivity index (χ0n) is 17.1. The van der Waals surface area contributed by atoms with Gasteiger partial charge in [0, 0.05) is 53.7 Å². The van der Waals surface area contributed by atoms with E-state index in [9.17, 15) is 4.79 Å². The molecule has 2 fully saturated rings. The van der Waals surface area contributed by atoms with E-state index in [0.29, 0.717) is 0 Å². The van der Waals surface area contributed by atoms with Crippen LogP contribution >= 0.6 is 15.9 Å². The molecule has 0 bridgehead atoms. The number of nitrogens with one attached hydrogen (secondary N) is 1. The first-order chi connectivity index (χ1) is 13.4. The van der Waals surface area contributed by atoms with E-state index in [2.05, 4.69) is 58.4 Å². The first-order valence-electron chi connectivity index (χ1n) is 10.4. The Kier molecular flexibility index (Phi) is 6.86. The highest BCUT2D eigenvalue weighted by molar-refractivity contribution is 9.10. The van der Waals surface area contributed by atoms with Crippen molar-refractivity contribution in [1.29, 1.82) is 0 Å². The zero-order valence-corrected chi connectivity index (χ0v) is 18.7. The topological polar surface area (TPSA) is 35.6 Å². The van der Waals surface area contributed by atoms with Gasteiger partial charge in [0.1, 0.15) is 0 Å². The molecule has 1 amide bonds. The quantitative estimate of drug-likeness (QED) is 0.629. The van der Waals surface area contributed by atoms with E-state index in [4.69, 9.17) is 0 Å². The number of likely N-dealkylation sites (tertiary alicyclic amines) is 2. The van der Waals surface area contributed by atoms with Gasteiger partial charge in [-0.2, -0.15) is 0 Å². The Hall–Kier alpha value is -1.75. The van der Waals surface area contributed by atoms with Crippen LogP contribution in [0.15, 0.2) is 41.5 Å². The molecule has 2 heterocycles. The van der Waals surface area contributed by atoms with Crippen LogP contribution in [0.1, 0.15) is 51.5 Å². The van der Waals surface area contributed by atoms with Crippen molar-refractivity contribution in [3.63, 3.8) is 0 Å². The lowest BCUT2D eigenvalue weighted by Gasteiger charge is -2.36. The molecule has 5 heteroatoms. The number of carbonyl (C=O) groups excluding carboxylic acids is 1. The molecule has 3 rings (SSSR count). The Bertz CT molecular complexity index is 760. The molecule has 2 atom stereocenters. The summed E-state index contributed by atoms with van der Waals surface area (Å²) in [7, 11) is 0. The average molecular weight is 446 g/mol. The van der Waals surface area contributed by atoms with Crippen LogP contribution in [0, 0.1) is 5.92 Å². The maximum Gasteiger partial charge on any atom is 0.220 e. The minimum atomic E-state index is 0.0571. The van der Waals surface area contributed by atoms with Crippen LogP contribution in [-0.4, -0.2) is 41.4 Å². The Morgan fingerprint density at radius 1 is 1.25 bits per heavy atom. The molecule has 1 aromatic rings. The summed E-state index contributed by atoms with van der Waals surface area (Å²) in [5.74, 6) is 0.858. The Balaban J connectivity index is 1.80. The van der Waals surface area contributed by atoms with E-state index in [1.165, 1.54) is 19.3 Å². The Labute approximate surface area is 177 Å². The molecule has 1 N–H and O–H groups in total. The van der Waals surface area contributed by atoms with Gasteiger partial charge in [-0.3, -0.25) is 4.79 Å². The number of anilines is 1. The Morgan fingerprint density at radius 3 is 2.71 bits per heavy atom. The lowest BCUT2D eigenvalue weighted by atomic mass is 9.94. The molecule has 2 aliphatic rings.